The van der Waals surface area contributed by atoms with Gasteiger partial charge in [-0.15, -0.1) is 0 Å². The molecule has 0 aliphatic carbocycles. The summed E-state index contributed by atoms with van der Waals surface area (Å²) in [7, 11) is 0. The van der Waals surface area contributed by atoms with Gasteiger partial charge in [0.15, 0.2) is 17.4 Å². The van der Waals surface area contributed by atoms with Crippen molar-refractivity contribution >= 4 is 5.78 Å². The minimum atomic E-state index is -1.05. The van der Waals surface area contributed by atoms with E-state index in [1.54, 1.807) is 6.92 Å². The summed E-state index contributed by atoms with van der Waals surface area (Å²) in [6.45, 7) is 3.63. The molecule has 0 aromatic heterocycles. The number of carbonyl (C=O) groups excluding carboxylic acids is 1. The van der Waals surface area contributed by atoms with Gasteiger partial charge in [-0.05, 0) is 31.9 Å². The molecule has 1 aromatic carbocycles. The van der Waals surface area contributed by atoms with Crippen molar-refractivity contribution in [3.05, 3.63) is 35.4 Å². The van der Waals surface area contributed by atoms with Crippen molar-refractivity contribution in [3.8, 4) is 0 Å². The molecule has 2 atom stereocenters. The van der Waals surface area contributed by atoms with E-state index >= 15 is 0 Å². The van der Waals surface area contributed by atoms with Crippen LogP contribution >= 0.6 is 0 Å². The Morgan fingerprint density at radius 1 is 1.28 bits per heavy atom. The number of halogens is 2. The van der Waals surface area contributed by atoms with E-state index in [9.17, 15) is 13.6 Å². The predicted molar refractivity (Wildman–Crippen MR) is 67.4 cm³/mol. The van der Waals surface area contributed by atoms with Gasteiger partial charge in [0.1, 0.15) is 0 Å². The summed E-state index contributed by atoms with van der Waals surface area (Å²) < 4.78 is 26.5. The van der Waals surface area contributed by atoms with Crippen molar-refractivity contribution in [1.82, 2.24) is 0 Å². The Morgan fingerprint density at radius 2 is 1.94 bits per heavy atom. The molecular formula is C14H19F2NO. The lowest BCUT2D eigenvalue weighted by Crippen LogP contribution is -2.17. The lowest BCUT2D eigenvalue weighted by molar-refractivity contribution is 0.0917. The third kappa shape index (κ3) is 3.88. The summed E-state index contributed by atoms with van der Waals surface area (Å²) in [5.74, 6) is -2.71. The quantitative estimate of drug-likeness (QED) is 0.792. The normalized spacial score (nSPS) is 14.3. The molecule has 0 amide bonds. The van der Waals surface area contributed by atoms with E-state index < -0.39 is 11.6 Å². The number of hydrogen-bond donors (Lipinski definition) is 1. The van der Waals surface area contributed by atoms with Crippen LogP contribution in [0.2, 0.25) is 0 Å². The second kappa shape index (κ2) is 6.59. The Labute approximate surface area is 106 Å². The van der Waals surface area contributed by atoms with Gasteiger partial charge >= 0.3 is 0 Å². The lowest BCUT2D eigenvalue weighted by atomic mass is 9.93. The molecule has 1 rings (SSSR count). The summed E-state index contributed by atoms with van der Waals surface area (Å²) in [5.41, 5.74) is 5.45. The fraction of sp³-hybridized carbons (Fsp3) is 0.500. The SMILES string of the molecule is CC(N)CCCC(C)C(=O)c1cccc(F)c1F. The monoisotopic (exact) mass is 255 g/mol. The minimum Gasteiger partial charge on any atom is -0.328 e. The lowest BCUT2D eigenvalue weighted by Gasteiger charge is -2.12. The van der Waals surface area contributed by atoms with E-state index in [-0.39, 0.29) is 23.3 Å². The van der Waals surface area contributed by atoms with Crippen LogP contribution in [0.25, 0.3) is 0 Å². The third-order valence-corrected chi connectivity index (χ3v) is 2.96. The van der Waals surface area contributed by atoms with Gasteiger partial charge in [0.2, 0.25) is 0 Å². The molecule has 0 saturated carbocycles. The number of Topliss-reactive ketones (excluding diaryl/α,β-unsaturated/α-hetero) is 1. The number of rotatable bonds is 6. The maximum absolute atomic E-state index is 13.4. The summed E-state index contributed by atoms with van der Waals surface area (Å²) >= 11 is 0. The molecule has 2 unspecified atom stereocenters. The molecule has 100 valence electrons. The Bertz CT molecular complexity index is 418. The van der Waals surface area contributed by atoms with Crippen molar-refractivity contribution < 1.29 is 13.6 Å². The van der Waals surface area contributed by atoms with E-state index in [1.165, 1.54) is 12.1 Å². The van der Waals surface area contributed by atoms with E-state index in [2.05, 4.69) is 0 Å². The molecule has 4 heteroatoms. The topological polar surface area (TPSA) is 43.1 Å². The Kier molecular flexibility index (Phi) is 5.41. The van der Waals surface area contributed by atoms with E-state index in [1.807, 2.05) is 6.92 Å². The van der Waals surface area contributed by atoms with Crippen molar-refractivity contribution in [2.45, 2.75) is 39.2 Å². The molecule has 0 fully saturated rings. The van der Waals surface area contributed by atoms with Crippen molar-refractivity contribution in [1.29, 1.82) is 0 Å². The summed E-state index contributed by atoms with van der Waals surface area (Å²) in [6, 6.07) is 3.77. The third-order valence-electron chi connectivity index (χ3n) is 2.96. The maximum Gasteiger partial charge on any atom is 0.169 e. The number of ketones is 1. The fourth-order valence-corrected chi connectivity index (χ4v) is 1.84. The number of hydrogen-bond acceptors (Lipinski definition) is 2. The van der Waals surface area contributed by atoms with Crippen molar-refractivity contribution in [2.24, 2.45) is 11.7 Å². The first-order chi connectivity index (χ1) is 8.43. The second-order valence-corrected chi connectivity index (χ2v) is 4.77. The minimum absolute atomic E-state index is 0.0956. The number of nitrogens with two attached hydrogens (primary N) is 1. The molecular weight excluding hydrogens is 236 g/mol. The highest BCUT2D eigenvalue weighted by atomic mass is 19.2. The Balaban J connectivity index is 2.66. The molecule has 0 bridgehead atoms. The van der Waals surface area contributed by atoms with Gasteiger partial charge in [0, 0.05) is 12.0 Å². The van der Waals surface area contributed by atoms with Gasteiger partial charge in [0.25, 0.3) is 0 Å². The highest BCUT2D eigenvalue weighted by Gasteiger charge is 2.20. The molecule has 0 radical (unpaired) electrons. The summed E-state index contributed by atoms with van der Waals surface area (Å²) in [6.07, 6.45) is 2.26. The first-order valence-corrected chi connectivity index (χ1v) is 6.17. The van der Waals surface area contributed by atoms with Gasteiger partial charge in [-0.3, -0.25) is 4.79 Å². The molecule has 1 aromatic rings. The average molecular weight is 255 g/mol. The summed E-state index contributed by atoms with van der Waals surface area (Å²) in [5, 5.41) is 0. The van der Waals surface area contributed by atoms with Crippen LogP contribution in [0.15, 0.2) is 18.2 Å². The van der Waals surface area contributed by atoms with Crippen LogP contribution in [0.1, 0.15) is 43.5 Å². The van der Waals surface area contributed by atoms with Gasteiger partial charge < -0.3 is 5.73 Å². The second-order valence-electron chi connectivity index (χ2n) is 4.77. The van der Waals surface area contributed by atoms with Crippen molar-refractivity contribution in [3.63, 3.8) is 0 Å². The van der Waals surface area contributed by atoms with Crippen molar-refractivity contribution in [2.75, 3.05) is 0 Å². The molecule has 0 saturated heterocycles. The first-order valence-electron chi connectivity index (χ1n) is 6.17. The number of carbonyl (C=O) groups is 1. The van der Waals surface area contributed by atoms with Gasteiger partial charge in [0.05, 0.1) is 5.56 Å². The number of benzene rings is 1. The molecule has 0 aliphatic heterocycles. The van der Waals surface area contributed by atoms with Gasteiger partial charge in [-0.25, -0.2) is 8.78 Å². The average Bonchev–Trinajstić information content (AvgIpc) is 2.31. The zero-order valence-electron chi connectivity index (χ0n) is 10.7. The summed E-state index contributed by atoms with van der Waals surface area (Å²) in [4.78, 5) is 12.0. The standard InChI is InChI=1S/C14H19F2NO/c1-9(5-3-6-10(2)17)14(18)11-7-4-8-12(15)13(11)16/h4,7-10H,3,5-6,17H2,1-2H3. The molecule has 0 heterocycles. The zero-order chi connectivity index (χ0) is 13.7. The van der Waals surface area contributed by atoms with Gasteiger partial charge in [-0.2, -0.15) is 0 Å². The molecule has 0 spiro atoms. The highest BCUT2D eigenvalue weighted by Crippen LogP contribution is 2.19. The maximum atomic E-state index is 13.4. The molecule has 0 aliphatic rings. The Hall–Kier alpha value is -1.29. The van der Waals surface area contributed by atoms with Crippen LogP contribution in [0.4, 0.5) is 8.78 Å². The smallest absolute Gasteiger partial charge is 0.169 e. The van der Waals surface area contributed by atoms with Gasteiger partial charge in [-0.1, -0.05) is 19.4 Å². The predicted octanol–water partition coefficient (Wildman–Crippen LogP) is 3.30. The van der Waals surface area contributed by atoms with E-state index in [0.717, 1.165) is 18.9 Å². The molecule has 2 nitrogen and oxygen atoms in total. The first kappa shape index (κ1) is 14.8. The van der Waals surface area contributed by atoms with Crippen LogP contribution in [0, 0.1) is 17.6 Å². The fourth-order valence-electron chi connectivity index (χ4n) is 1.84. The van der Waals surface area contributed by atoms with Crippen LogP contribution < -0.4 is 5.73 Å². The molecule has 18 heavy (non-hydrogen) atoms. The van der Waals surface area contributed by atoms with E-state index in [0.29, 0.717) is 6.42 Å². The van der Waals surface area contributed by atoms with Crippen LogP contribution in [0.3, 0.4) is 0 Å². The molecule has 2 N–H and O–H groups in total. The highest BCUT2D eigenvalue weighted by molar-refractivity contribution is 5.97. The van der Waals surface area contributed by atoms with E-state index in [4.69, 9.17) is 5.73 Å². The van der Waals surface area contributed by atoms with Crippen LogP contribution in [0.5, 0.6) is 0 Å². The largest absolute Gasteiger partial charge is 0.328 e. The van der Waals surface area contributed by atoms with Crippen LogP contribution in [-0.4, -0.2) is 11.8 Å². The Morgan fingerprint density at radius 3 is 2.56 bits per heavy atom. The zero-order valence-corrected chi connectivity index (χ0v) is 10.7. The van der Waals surface area contributed by atoms with Crippen LogP contribution in [-0.2, 0) is 0 Å².